The Labute approximate surface area is 80.7 Å². The maximum absolute atomic E-state index is 11.9. The highest BCUT2D eigenvalue weighted by Gasteiger charge is 2.31. The summed E-state index contributed by atoms with van der Waals surface area (Å²) >= 11 is 5.05. The second-order valence-electron chi connectivity index (χ2n) is 2.00. The Hall–Kier alpha value is -0.800. The molecule has 13 heavy (non-hydrogen) atoms. The number of nitrogens with zero attached hydrogens (tertiary/aromatic N) is 1. The molecule has 0 amide bonds. The van der Waals surface area contributed by atoms with E-state index in [1.54, 1.807) is 6.07 Å². The molecule has 1 heterocycles. The van der Waals surface area contributed by atoms with Crippen molar-refractivity contribution in [2.24, 2.45) is 0 Å². The van der Waals surface area contributed by atoms with Crippen LogP contribution in [0.15, 0.2) is 11.1 Å². The number of rotatable bonds is 1. The van der Waals surface area contributed by atoms with Crippen molar-refractivity contribution in [2.75, 3.05) is 0 Å². The topological polar surface area (TPSA) is 39.6 Å². The van der Waals surface area contributed by atoms with Gasteiger partial charge in [-0.15, -0.1) is 0 Å². The number of H-pyrrole nitrogens is 1. The van der Waals surface area contributed by atoms with E-state index in [0.29, 0.717) is 0 Å². The monoisotopic (exact) mass is 226 g/mol. The average molecular weight is 227 g/mol. The Balaban J connectivity index is 2.97. The lowest BCUT2D eigenvalue weighted by Crippen LogP contribution is -1.98. The molecule has 7 heteroatoms. The molecular weight excluding hydrogens is 225 g/mol. The molecule has 0 bridgehead atoms. The van der Waals surface area contributed by atoms with Crippen molar-refractivity contribution in [3.05, 3.63) is 16.9 Å². The molecule has 0 spiro atoms. The summed E-state index contributed by atoms with van der Waals surface area (Å²) in [7, 11) is 0. The number of aromatic nitrogens is 1. The molecule has 0 aliphatic carbocycles. The van der Waals surface area contributed by atoms with Crippen LogP contribution in [-0.4, -0.2) is 10.5 Å². The van der Waals surface area contributed by atoms with Gasteiger partial charge in [0.05, 0.1) is 4.90 Å². The summed E-state index contributed by atoms with van der Waals surface area (Å²) < 4.78 is 35.6. The van der Waals surface area contributed by atoms with Crippen LogP contribution in [0.25, 0.3) is 0 Å². The standard InChI is InChI=1S/C6H2ClF3N2S/c7-5-3(1-11)4(2-12-5)13-6(8,9)10/h2,12H. The normalized spacial score (nSPS) is 11.3. The fourth-order valence-corrected chi connectivity index (χ4v) is 1.56. The first kappa shape index (κ1) is 10.3. The van der Waals surface area contributed by atoms with Crippen molar-refractivity contribution in [2.45, 2.75) is 10.4 Å². The summed E-state index contributed by atoms with van der Waals surface area (Å²) in [6.45, 7) is 0. The highest BCUT2D eigenvalue weighted by molar-refractivity contribution is 8.00. The molecule has 0 radical (unpaired) electrons. The molecule has 0 fully saturated rings. The Morgan fingerprint density at radius 2 is 2.15 bits per heavy atom. The molecule has 2 nitrogen and oxygen atoms in total. The van der Waals surface area contributed by atoms with Gasteiger partial charge in [0.15, 0.2) is 0 Å². The Bertz CT molecular complexity index is 352. The average Bonchev–Trinajstić information content (AvgIpc) is 2.28. The number of alkyl halides is 3. The summed E-state index contributed by atoms with van der Waals surface area (Å²) in [4.78, 5) is 2.12. The van der Waals surface area contributed by atoms with Crippen molar-refractivity contribution < 1.29 is 13.2 Å². The maximum atomic E-state index is 11.9. The SMILES string of the molecule is N#Cc1c(SC(F)(F)F)c[nH]c1Cl. The largest absolute Gasteiger partial charge is 0.446 e. The van der Waals surface area contributed by atoms with Crippen LogP contribution in [0.2, 0.25) is 5.15 Å². The number of halogens is 4. The predicted octanol–water partition coefficient (Wildman–Crippen LogP) is 3.15. The minimum absolute atomic E-state index is 0.0748. The number of hydrogen-bond donors (Lipinski definition) is 1. The van der Waals surface area contributed by atoms with E-state index in [9.17, 15) is 13.2 Å². The zero-order chi connectivity index (χ0) is 10.1. The van der Waals surface area contributed by atoms with Gasteiger partial charge in [0.2, 0.25) is 0 Å². The number of aromatic amines is 1. The van der Waals surface area contributed by atoms with Crippen LogP contribution in [-0.2, 0) is 0 Å². The Morgan fingerprint density at radius 1 is 1.54 bits per heavy atom. The lowest BCUT2D eigenvalue weighted by atomic mass is 10.4. The van der Waals surface area contributed by atoms with Crippen molar-refractivity contribution in [3.63, 3.8) is 0 Å². The van der Waals surface area contributed by atoms with Gasteiger partial charge in [-0.3, -0.25) is 0 Å². The van der Waals surface area contributed by atoms with Gasteiger partial charge in [0.25, 0.3) is 0 Å². The van der Waals surface area contributed by atoms with Gasteiger partial charge in [-0.1, -0.05) is 11.6 Å². The van der Waals surface area contributed by atoms with Gasteiger partial charge in [0, 0.05) is 6.20 Å². The van der Waals surface area contributed by atoms with E-state index < -0.39 is 5.51 Å². The highest BCUT2D eigenvalue weighted by Crippen LogP contribution is 2.39. The van der Waals surface area contributed by atoms with E-state index in [-0.39, 0.29) is 27.4 Å². The molecule has 0 saturated heterocycles. The molecule has 0 atom stereocenters. The van der Waals surface area contributed by atoms with Crippen LogP contribution in [0.3, 0.4) is 0 Å². The quantitative estimate of drug-likeness (QED) is 0.748. The first-order valence-electron chi connectivity index (χ1n) is 2.97. The number of nitrogens with one attached hydrogen (secondary N) is 1. The third-order valence-corrected chi connectivity index (χ3v) is 2.20. The van der Waals surface area contributed by atoms with Gasteiger partial charge in [-0.2, -0.15) is 18.4 Å². The van der Waals surface area contributed by atoms with Gasteiger partial charge < -0.3 is 4.98 Å². The first-order valence-corrected chi connectivity index (χ1v) is 4.16. The zero-order valence-electron chi connectivity index (χ0n) is 5.94. The van der Waals surface area contributed by atoms with Crippen molar-refractivity contribution in [3.8, 4) is 6.07 Å². The molecule has 0 aliphatic heterocycles. The second-order valence-corrected chi connectivity index (χ2v) is 3.49. The van der Waals surface area contributed by atoms with Crippen LogP contribution < -0.4 is 0 Å². The fourth-order valence-electron chi connectivity index (χ4n) is 0.691. The van der Waals surface area contributed by atoms with E-state index in [2.05, 4.69) is 4.98 Å². The number of hydrogen-bond acceptors (Lipinski definition) is 2. The highest BCUT2D eigenvalue weighted by atomic mass is 35.5. The molecule has 1 N–H and O–H groups in total. The van der Waals surface area contributed by atoms with E-state index in [1.165, 1.54) is 0 Å². The van der Waals surface area contributed by atoms with Gasteiger partial charge >= 0.3 is 5.51 Å². The molecular formula is C6H2ClF3N2S. The molecule has 0 saturated carbocycles. The van der Waals surface area contributed by atoms with Crippen molar-refractivity contribution >= 4 is 23.4 Å². The lowest BCUT2D eigenvalue weighted by Gasteiger charge is -2.02. The second kappa shape index (κ2) is 3.52. The smallest absolute Gasteiger partial charge is 0.350 e. The van der Waals surface area contributed by atoms with Gasteiger partial charge in [-0.05, 0) is 11.8 Å². The summed E-state index contributed by atoms with van der Waals surface area (Å²) in [6.07, 6.45) is 1.05. The van der Waals surface area contributed by atoms with E-state index in [1.807, 2.05) is 0 Å². The van der Waals surface area contributed by atoms with Crippen LogP contribution in [0.5, 0.6) is 0 Å². The van der Waals surface area contributed by atoms with Crippen LogP contribution in [0.4, 0.5) is 13.2 Å². The lowest BCUT2D eigenvalue weighted by molar-refractivity contribution is -0.0328. The molecule has 70 valence electrons. The van der Waals surface area contributed by atoms with E-state index in [4.69, 9.17) is 16.9 Å². The van der Waals surface area contributed by atoms with E-state index in [0.717, 1.165) is 6.20 Å². The Morgan fingerprint density at radius 3 is 2.62 bits per heavy atom. The summed E-state index contributed by atoms with van der Waals surface area (Å²) in [5, 5.41) is 8.38. The molecule has 1 rings (SSSR count). The molecule has 1 aromatic rings. The molecule has 1 aromatic heterocycles. The van der Waals surface area contributed by atoms with Crippen LogP contribution in [0.1, 0.15) is 5.56 Å². The van der Waals surface area contributed by atoms with Gasteiger partial charge in [-0.25, -0.2) is 0 Å². The molecule has 0 aromatic carbocycles. The van der Waals surface area contributed by atoms with Crippen molar-refractivity contribution in [1.29, 1.82) is 5.26 Å². The van der Waals surface area contributed by atoms with Gasteiger partial charge in [0.1, 0.15) is 16.8 Å². The van der Waals surface area contributed by atoms with Crippen LogP contribution in [0, 0.1) is 11.3 Å². The first-order chi connectivity index (χ1) is 5.94. The minimum Gasteiger partial charge on any atom is -0.350 e. The summed E-state index contributed by atoms with van der Waals surface area (Å²) in [6, 6.07) is 1.58. The maximum Gasteiger partial charge on any atom is 0.446 e. The fraction of sp³-hybridized carbons (Fsp3) is 0.167. The molecule has 0 aliphatic rings. The predicted molar refractivity (Wildman–Crippen MR) is 42.4 cm³/mol. The number of thioether (sulfide) groups is 1. The zero-order valence-corrected chi connectivity index (χ0v) is 7.52. The number of nitriles is 1. The van der Waals surface area contributed by atoms with Crippen LogP contribution >= 0.6 is 23.4 Å². The van der Waals surface area contributed by atoms with Crippen molar-refractivity contribution in [1.82, 2.24) is 4.98 Å². The Kier molecular flexibility index (Phi) is 2.78. The summed E-state index contributed by atoms with van der Waals surface area (Å²) in [5.41, 5.74) is -4.58. The van der Waals surface area contributed by atoms with E-state index >= 15 is 0 Å². The summed E-state index contributed by atoms with van der Waals surface area (Å²) in [5.74, 6) is 0. The molecule has 0 unspecified atom stereocenters. The third-order valence-electron chi connectivity index (χ3n) is 1.13. The third kappa shape index (κ3) is 2.57. The minimum atomic E-state index is -4.41.